The van der Waals surface area contributed by atoms with Gasteiger partial charge in [-0.05, 0) is 23.3 Å². The highest BCUT2D eigenvalue weighted by atomic mass is 32.1. The van der Waals surface area contributed by atoms with E-state index in [9.17, 15) is 30.6 Å². The highest BCUT2D eigenvalue weighted by Gasteiger charge is 2.29. The fourth-order valence-corrected chi connectivity index (χ4v) is 8.68. The largest absolute Gasteiger partial charge is 0.444 e. The number of aliphatic imine (C=N–C) groups is 2. The van der Waals surface area contributed by atoms with Gasteiger partial charge in [-0.1, -0.05) is 85.0 Å². The molecule has 2 aliphatic rings. The van der Waals surface area contributed by atoms with Crippen molar-refractivity contribution < 1.29 is 19.1 Å². The van der Waals surface area contributed by atoms with Gasteiger partial charge in [-0.15, -0.1) is 22.7 Å². The van der Waals surface area contributed by atoms with E-state index in [0.717, 1.165) is 31.0 Å². The van der Waals surface area contributed by atoms with Crippen molar-refractivity contribution in [3.8, 4) is 24.3 Å². The van der Waals surface area contributed by atoms with Gasteiger partial charge in [-0.3, -0.25) is 0 Å². The van der Waals surface area contributed by atoms with Crippen LogP contribution < -0.4 is 21.1 Å². The van der Waals surface area contributed by atoms with Gasteiger partial charge in [0, 0.05) is 22.3 Å². The summed E-state index contributed by atoms with van der Waals surface area (Å²) in [6, 6.07) is 29.1. The first-order valence-corrected chi connectivity index (χ1v) is 18.0. The van der Waals surface area contributed by atoms with Crippen LogP contribution in [0.25, 0.3) is 44.7 Å². The van der Waals surface area contributed by atoms with Gasteiger partial charge in [0.2, 0.25) is 11.4 Å². The number of hydrogen-bond acceptors (Lipinski definition) is 12. The Labute approximate surface area is 313 Å². The Bertz CT molecular complexity index is 2810. The number of rotatable bonds is 6. The Hall–Kier alpha value is -7.36. The molecule has 54 heavy (non-hydrogen) atoms. The number of hydrogen-bond donors (Lipinski definition) is 0. The van der Waals surface area contributed by atoms with Gasteiger partial charge in [0.05, 0.1) is 31.1 Å². The number of carbonyl (C=O) groups is 2. The molecule has 258 valence electrons. The van der Waals surface area contributed by atoms with E-state index in [1.807, 2.05) is 85.0 Å². The van der Waals surface area contributed by atoms with E-state index < -0.39 is 12.2 Å². The van der Waals surface area contributed by atoms with E-state index in [0.29, 0.717) is 31.7 Å². The third-order valence-corrected chi connectivity index (χ3v) is 11.0. The molecule has 0 aliphatic heterocycles. The first-order chi connectivity index (χ1) is 26.4. The maximum atomic E-state index is 13.9. The smallest absolute Gasteiger partial charge is 0.419 e. The molecule has 2 atom stereocenters. The maximum absolute atomic E-state index is 13.9. The van der Waals surface area contributed by atoms with E-state index in [2.05, 4.69) is 9.98 Å². The van der Waals surface area contributed by atoms with Crippen molar-refractivity contribution in [1.29, 1.82) is 21.0 Å². The molecule has 0 N–H and O–H groups in total. The average molecular weight is 743 g/mol. The minimum Gasteiger partial charge on any atom is -0.444 e. The quantitative estimate of drug-likeness (QED) is 0.203. The number of nitrogens with zero attached hydrogens (tertiary/aromatic N) is 8. The predicted molar refractivity (Wildman–Crippen MR) is 204 cm³/mol. The summed E-state index contributed by atoms with van der Waals surface area (Å²) in [5, 5.41) is 40.8. The second-order valence-electron chi connectivity index (χ2n) is 12.1. The highest BCUT2D eigenvalue weighted by Crippen LogP contribution is 2.34. The number of fused-ring (bicyclic) bond motifs is 7. The van der Waals surface area contributed by atoms with Crippen LogP contribution in [0.3, 0.4) is 0 Å². The molecule has 2 aromatic carbocycles. The lowest BCUT2D eigenvalue weighted by Crippen LogP contribution is -2.42. The van der Waals surface area contributed by atoms with Crippen molar-refractivity contribution >= 4 is 101 Å². The summed E-state index contributed by atoms with van der Waals surface area (Å²) >= 11 is 2.49. The molecule has 6 aromatic rings. The average Bonchev–Trinajstić information content (AvgIpc) is 3.94. The fraction of sp³-hybridized carbons (Fsp3) is 0.100. The number of carbonyl (C=O) groups excluding carboxylic acids is 2. The zero-order valence-corrected chi connectivity index (χ0v) is 29.5. The van der Waals surface area contributed by atoms with Gasteiger partial charge < -0.3 is 9.47 Å². The third kappa shape index (κ3) is 6.04. The van der Waals surface area contributed by atoms with Crippen molar-refractivity contribution in [2.75, 3.05) is 0 Å². The monoisotopic (exact) mass is 742 g/mol. The second-order valence-corrected chi connectivity index (χ2v) is 14.2. The minimum atomic E-state index is -0.607. The topological polar surface area (TPSA) is 182 Å². The predicted octanol–water partition coefficient (Wildman–Crippen LogP) is 5.41. The number of benzene rings is 2. The molecular formula is C40H22N8O4S2. The molecule has 0 spiro atoms. The third-order valence-electron chi connectivity index (χ3n) is 8.91. The lowest BCUT2D eigenvalue weighted by Gasteiger charge is -2.21. The van der Waals surface area contributed by atoms with Gasteiger partial charge in [0.25, 0.3) is 0 Å². The number of ether oxygens (including phenoxy) is 2. The van der Waals surface area contributed by atoms with E-state index in [4.69, 9.17) is 9.47 Å². The SMILES string of the molecule is N#CC(C#N)=Nc1cc2c(s1)c1c(n2C(=O)OCc2ccccc2)=CC2C=c3c(n(C(=O)OCc4ccccc4)c4cc(N=C(C#N)C#N)sc34)=CC2C=1. The summed E-state index contributed by atoms with van der Waals surface area (Å²) in [6.45, 7) is 0.0907. The summed E-state index contributed by atoms with van der Waals surface area (Å²) in [7, 11) is 0. The fourth-order valence-electron chi connectivity index (χ4n) is 6.57. The molecular weight excluding hydrogens is 721 g/mol. The summed E-state index contributed by atoms with van der Waals surface area (Å²) in [5.74, 6) is -0.503. The van der Waals surface area contributed by atoms with Crippen LogP contribution in [-0.4, -0.2) is 32.7 Å². The van der Waals surface area contributed by atoms with Gasteiger partial charge in [0.1, 0.15) is 47.5 Å². The van der Waals surface area contributed by atoms with E-state index in [1.165, 1.54) is 31.8 Å². The van der Waals surface area contributed by atoms with Crippen molar-refractivity contribution in [3.63, 3.8) is 0 Å². The van der Waals surface area contributed by atoms with Crippen LogP contribution in [0.5, 0.6) is 0 Å². The molecule has 0 radical (unpaired) electrons. The molecule has 0 amide bonds. The van der Waals surface area contributed by atoms with Crippen LogP contribution in [0.1, 0.15) is 11.1 Å². The Balaban J connectivity index is 1.29. The molecule has 14 heteroatoms. The highest BCUT2D eigenvalue weighted by molar-refractivity contribution is 7.23. The first-order valence-electron chi connectivity index (χ1n) is 16.3. The zero-order chi connectivity index (χ0) is 37.3. The minimum absolute atomic E-state index is 0.0453. The molecule has 0 fully saturated rings. The summed E-state index contributed by atoms with van der Waals surface area (Å²) in [4.78, 5) is 36.1. The number of thiophene rings is 2. The lowest BCUT2D eigenvalue weighted by molar-refractivity contribution is 0.141. The Morgan fingerprint density at radius 3 is 1.37 bits per heavy atom. The number of aromatic nitrogens is 2. The van der Waals surface area contributed by atoms with Crippen LogP contribution in [0.15, 0.2) is 82.8 Å². The van der Waals surface area contributed by atoms with E-state index in [-0.39, 0.29) is 36.5 Å². The number of nitriles is 4. The summed E-state index contributed by atoms with van der Waals surface area (Å²) in [6.07, 6.45) is 6.83. The van der Waals surface area contributed by atoms with Crippen molar-refractivity contribution in [1.82, 2.24) is 9.13 Å². The van der Waals surface area contributed by atoms with Crippen molar-refractivity contribution in [2.45, 2.75) is 13.2 Å². The van der Waals surface area contributed by atoms with Crippen LogP contribution >= 0.6 is 22.7 Å². The van der Waals surface area contributed by atoms with Gasteiger partial charge in [0.15, 0.2) is 0 Å². The maximum Gasteiger partial charge on any atom is 0.419 e. The molecule has 2 aliphatic carbocycles. The second kappa shape index (κ2) is 14.0. The van der Waals surface area contributed by atoms with Crippen LogP contribution in [-0.2, 0) is 22.7 Å². The molecule has 0 saturated carbocycles. The van der Waals surface area contributed by atoms with Crippen LogP contribution in [0, 0.1) is 57.2 Å². The van der Waals surface area contributed by atoms with Gasteiger partial charge in [-0.25, -0.2) is 28.7 Å². The molecule has 4 aromatic heterocycles. The van der Waals surface area contributed by atoms with Gasteiger partial charge in [-0.2, -0.15) is 21.0 Å². The molecule has 2 unspecified atom stereocenters. The Morgan fingerprint density at radius 2 is 1.00 bits per heavy atom. The van der Waals surface area contributed by atoms with E-state index >= 15 is 0 Å². The Morgan fingerprint density at radius 1 is 0.611 bits per heavy atom. The zero-order valence-electron chi connectivity index (χ0n) is 27.8. The van der Waals surface area contributed by atoms with Crippen LogP contribution in [0.4, 0.5) is 19.6 Å². The molecule has 0 bridgehead atoms. The first kappa shape index (κ1) is 33.8. The molecule has 0 saturated heterocycles. The van der Waals surface area contributed by atoms with Crippen molar-refractivity contribution in [3.05, 3.63) is 105 Å². The van der Waals surface area contributed by atoms with Crippen molar-refractivity contribution in [2.24, 2.45) is 21.8 Å². The normalized spacial score (nSPS) is 14.7. The van der Waals surface area contributed by atoms with E-state index in [1.54, 1.807) is 36.4 Å². The Kier molecular flexibility index (Phi) is 8.75. The molecule has 4 heterocycles. The summed E-state index contributed by atoms with van der Waals surface area (Å²) in [5.41, 5.74) is 2.05. The molecule has 12 nitrogen and oxygen atoms in total. The standard InChI is InChI=1S/C40H22N8O4S2/c41-17-27(18-42)45-35-15-33-37(53-35)29-11-26-14-32-30(12-25(26)13-31(29)47(33)39(49)51-21-23-7-3-1-4-8-23)38-34(16-36(54-38)46-28(19-43)20-44)48(32)40(50)52-22-24-9-5-2-6-10-24/h1-16,25-26H,21-22H2. The lowest BCUT2D eigenvalue weighted by atomic mass is 9.84. The van der Waals surface area contributed by atoms with Crippen LogP contribution in [0.2, 0.25) is 0 Å². The summed E-state index contributed by atoms with van der Waals surface area (Å²) < 4.78 is 16.0. The molecule has 8 rings (SSSR count). The van der Waals surface area contributed by atoms with Gasteiger partial charge >= 0.3 is 12.2 Å².